The van der Waals surface area contributed by atoms with Crippen LogP contribution in [0.25, 0.3) is 0 Å². The molecule has 1 aromatic heterocycles. The molecule has 5 N–H and O–H groups in total. The van der Waals surface area contributed by atoms with E-state index in [9.17, 15) is 4.79 Å². The summed E-state index contributed by atoms with van der Waals surface area (Å²) in [6.07, 6.45) is 2.49. The van der Waals surface area contributed by atoms with Gasteiger partial charge in [-0.15, -0.1) is 5.10 Å². The van der Waals surface area contributed by atoms with E-state index in [0.717, 1.165) is 5.69 Å². The molecule has 0 aliphatic heterocycles. The number of urea groups is 1. The first-order valence-corrected chi connectivity index (χ1v) is 5.46. The van der Waals surface area contributed by atoms with Gasteiger partial charge in [-0.1, -0.05) is 5.21 Å². The highest BCUT2D eigenvalue weighted by atomic mass is 16.3. The lowest BCUT2D eigenvalue weighted by Gasteiger charge is -2.02. The Bertz CT molecular complexity index is 340. The average molecular weight is 242 g/mol. The van der Waals surface area contributed by atoms with Crippen molar-refractivity contribution in [3.8, 4) is 0 Å². The molecule has 1 aromatic rings. The third-order valence-corrected chi connectivity index (χ3v) is 2.04. The molecule has 0 unspecified atom stereocenters. The first-order valence-electron chi connectivity index (χ1n) is 5.46. The minimum absolute atomic E-state index is 0.145. The monoisotopic (exact) mass is 242 g/mol. The van der Waals surface area contributed by atoms with Crippen LogP contribution in [0.15, 0.2) is 6.20 Å². The number of rotatable bonds is 8. The lowest BCUT2D eigenvalue weighted by atomic mass is 10.4. The number of hydrogen-bond donors (Lipinski definition) is 4. The number of hydrogen-bond acceptors (Lipinski definition) is 5. The summed E-state index contributed by atoms with van der Waals surface area (Å²) >= 11 is 0. The molecule has 1 heterocycles. The topological polar surface area (TPSA) is 118 Å². The first-order chi connectivity index (χ1) is 8.22. The number of aryl methyl sites for hydroxylation is 1. The normalized spacial score (nSPS) is 10.4. The molecule has 2 amide bonds. The fraction of sp³-hybridized carbons (Fsp3) is 0.667. The Hall–Kier alpha value is -1.67. The molecular formula is C9H18N6O2. The molecule has 0 saturated heterocycles. The number of carbonyl (C=O) groups excluding carboxylic acids is 1. The third kappa shape index (κ3) is 5.83. The maximum Gasteiger partial charge on any atom is 0.312 e. The van der Waals surface area contributed by atoms with Crippen LogP contribution in [0.1, 0.15) is 12.1 Å². The summed E-state index contributed by atoms with van der Waals surface area (Å²) in [5, 5.41) is 22.1. The first kappa shape index (κ1) is 13.4. The highest BCUT2D eigenvalue weighted by Gasteiger charge is 1.99. The predicted molar refractivity (Wildman–Crippen MR) is 61.0 cm³/mol. The van der Waals surface area contributed by atoms with Crippen LogP contribution in [0.5, 0.6) is 0 Å². The number of primary amides is 1. The van der Waals surface area contributed by atoms with Crippen LogP contribution in [0, 0.1) is 0 Å². The number of nitrogens with zero attached hydrogens (tertiary/aromatic N) is 3. The second kappa shape index (κ2) is 7.58. The van der Waals surface area contributed by atoms with E-state index >= 15 is 0 Å². The Balaban J connectivity index is 2.14. The summed E-state index contributed by atoms with van der Waals surface area (Å²) in [6.45, 7) is 2.49. The number of aromatic nitrogens is 3. The number of nitrogens with one attached hydrogen (secondary N) is 2. The highest BCUT2D eigenvalue weighted by Crippen LogP contribution is 1.93. The van der Waals surface area contributed by atoms with Gasteiger partial charge in [0.2, 0.25) is 0 Å². The molecule has 1 rings (SSSR count). The highest BCUT2D eigenvalue weighted by molar-refractivity contribution is 5.71. The van der Waals surface area contributed by atoms with Gasteiger partial charge in [0.25, 0.3) is 0 Å². The quantitative estimate of drug-likeness (QED) is 0.410. The Kier molecular flexibility index (Phi) is 5.97. The molecule has 0 aliphatic carbocycles. The summed E-state index contributed by atoms with van der Waals surface area (Å²) in [5.74, 6) is 0. The fourth-order valence-electron chi connectivity index (χ4n) is 1.25. The molecule has 8 heteroatoms. The minimum Gasteiger partial charge on any atom is -0.396 e. The van der Waals surface area contributed by atoms with Crippen LogP contribution >= 0.6 is 0 Å². The lowest BCUT2D eigenvalue weighted by molar-refractivity contribution is 0.249. The van der Waals surface area contributed by atoms with Crippen molar-refractivity contribution < 1.29 is 9.90 Å². The van der Waals surface area contributed by atoms with E-state index in [-0.39, 0.29) is 6.61 Å². The van der Waals surface area contributed by atoms with Crippen molar-refractivity contribution in [3.63, 3.8) is 0 Å². The molecule has 17 heavy (non-hydrogen) atoms. The molecule has 0 saturated carbocycles. The van der Waals surface area contributed by atoms with Crippen LogP contribution in [-0.4, -0.2) is 45.8 Å². The van der Waals surface area contributed by atoms with E-state index in [2.05, 4.69) is 20.9 Å². The molecule has 0 aromatic carbocycles. The van der Waals surface area contributed by atoms with Crippen LogP contribution in [-0.2, 0) is 13.1 Å². The number of nitrogens with two attached hydrogens (primary N) is 1. The van der Waals surface area contributed by atoms with Crippen molar-refractivity contribution in [2.45, 2.75) is 19.5 Å². The van der Waals surface area contributed by atoms with Crippen LogP contribution < -0.4 is 16.4 Å². The van der Waals surface area contributed by atoms with E-state index in [1.165, 1.54) is 0 Å². The summed E-state index contributed by atoms with van der Waals surface area (Å²) in [6, 6.07) is -0.526. The standard InChI is InChI=1S/C9H18N6O2/c10-9(17)12-3-2-11-6-8-7-15(14-13-8)4-1-5-16/h7,11,16H,1-6H2,(H3,10,12,17). The summed E-state index contributed by atoms with van der Waals surface area (Å²) in [5.41, 5.74) is 5.73. The third-order valence-electron chi connectivity index (χ3n) is 2.04. The van der Waals surface area contributed by atoms with Crippen molar-refractivity contribution in [2.75, 3.05) is 19.7 Å². The minimum atomic E-state index is -0.526. The molecule has 0 radical (unpaired) electrons. The van der Waals surface area contributed by atoms with E-state index in [0.29, 0.717) is 32.6 Å². The SMILES string of the molecule is NC(=O)NCCNCc1cn(CCCO)nn1. The molecule has 8 nitrogen and oxygen atoms in total. The van der Waals surface area contributed by atoms with Crippen molar-refractivity contribution in [2.24, 2.45) is 5.73 Å². The van der Waals surface area contributed by atoms with E-state index in [4.69, 9.17) is 10.8 Å². The number of carbonyl (C=O) groups is 1. The fourth-order valence-corrected chi connectivity index (χ4v) is 1.25. The van der Waals surface area contributed by atoms with Gasteiger partial charge in [-0.3, -0.25) is 4.68 Å². The van der Waals surface area contributed by atoms with Gasteiger partial charge in [0.15, 0.2) is 0 Å². The average Bonchev–Trinajstić information content (AvgIpc) is 2.73. The van der Waals surface area contributed by atoms with Crippen molar-refractivity contribution in [3.05, 3.63) is 11.9 Å². The van der Waals surface area contributed by atoms with Crippen LogP contribution in [0.3, 0.4) is 0 Å². The molecule has 0 aliphatic rings. The van der Waals surface area contributed by atoms with Gasteiger partial charge in [0, 0.05) is 39.0 Å². The van der Waals surface area contributed by atoms with E-state index in [1.807, 2.05) is 6.20 Å². The Labute approximate surface area is 99.2 Å². The van der Waals surface area contributed by atoms with Crippen LogP contribution in [0.4, 0.5) is 4.79 Å². The Morgan fingerprint density at radius 3 is 3.06 bits per heavy atom. The molecule has 0 spiro atoms. The second-order valence-corrected chi connectivity index (χ2v) is 3.52. The van der Waals surface area contributed by atoms with Gasteiger partial charge >= 0.3 is 6.03 Å². The molecule has 0 bridgehead atoms. The van der Waals surface area contributed by atoms with Crippen molar-refractivity contribution in [1.82, 2.24) is 25.6 Å². The molecule has 96 valence electrons. The van der Waals surface area contributed by atoms with Gasteiger partial charge in [0.1, 0.15) is 0 Å². The van der Waals surface area contributed by atoms with Crippen molar-refractivity contribution >= 4 is 6.03 Å². The number of amides is 2. The second-order valence-electron chi connectivity index (χ2n) is 3.52. The van der Waals surface area contributed by atoms with Gasteiger partial charge in [-0.2, -0.15) is 0 Å². The smallest absolute Gasteiger partial charge is 0.312 e. The zero-order valence-corrected chi connectivity index (χ0v) is 9.59. The van der Waals surface area contributed by atoms with Gasteiger partial charge in [-0.25, -0.2) is 4.79 Å². The van der Waals surface area contributed by atoms with Gasteiger partial charge in [-0.05, 0) is 6.42 Å². The maximum absolute atomic E-state index is 10.4. The van der Waals surface area contributed by atoms with Gasteiger partial charge < -0.3 is 21.5 Å². The molecular weight excluding hydrogens is 224 g/mol. The maximum atomic E-state index is 10.4. The number of aliphatic hydroxyl groups excluding tert-OH is 1. The zero-order chi connectivity index (χ0) is 12.5. The Morgan fingerprint density at radius 2 is 2.35 bits per heavy atom. The van der Waals surface area contributed by atoms with Crippen molar-refractivity contribution in [1.29, 1.82) is 0 Å². The summed E-state index contributed by atoms with van der Waals surface area (Å²) in [4.78, 5) is 10.4. The van der Waals surface area contributed by atoms with Gasteiger partial charge in [0.05, 0.1) is 5.69 Å². The lowest BCUT2D eigenvalue weighted by Crippen LogP contribution is -2.35. The zero-order valence-electron chi connectivity index (χ0n) is 9.59. The largest absolute Gasteiger partial charge is 0.396 e. The van der Waals surface area contributed by atoms with E-state index in [1.54, 1.807) is 4.68 Å². The van der Waals surface area contributed by atoms with E-state index < -0.39 is 6.03 Å². The van der Waals surface area contributed by atoms with Crippen LogP contribution in [0.2, 0.25) is 0 Å². The Morgan fingerprint density at radius 1 is 1.53 bits per heavy atom. The predicted octanol–water partition coefficient (Wildman–Crippen LogP) is -1.58. The summed E-state index contributed by atoms with van der Waals surface area (Å²) in [7, 11) is 0. The molecule has 0 atom stereocenters. The molecule has 0 fully saturated rings. The number of aliphatic hydroxyl groups is 1. The summed E-state index contributed by atoms with van der Waals surface area (Å²) < 4.78 is 1.69.